The molecule has 0 spiro atoms. The molecule has 0 aromatic rings. The van der Waals surface area contributed by atoms with Gasteiger partial charge in [0.15, 0.2) is 24.5 Å². The molecule has 4 saturated heterocycles. The summed E-state index contributed by atoms with van der Waals surface area (Å²) in [6.07, 6.45) is -18.4. The van der Waals surface area contributed by atoms with E-state index >= 15 is 0 Å². The van der Waals surface area contributed by atoms with Gasteiger partial charge in [0, 0.05) is 38.8 Å². The van der Waals surface area contributed by atoms with Crippen LogP contribution in [0.25, 0.3) is 0 Å². The summed E-state index contributed by atoms with van der Waals surface area (Å²) in [5, 5.41) is 92.4. The van der Waals surface area contributed by atoms with Crippen LogP contribution < -0.4 is 38.9 Å². The van der Waals surface area contributed by atoms with E-state index in [9.17, 15) is 40.5 Å². The van der Waals surface area contributed by atoms with Crippen molar-refractivity contribution in [2.24, 2.45) is 22.9 Å². The number of nitrogens with two attached hydrogens (primary N) is 4. The highest BCUT2D eigenvalue weighted by atomic mass is 16.8. The van der Waals surface area contributed by atoms with Crippen LogP contribution in [0.4, 0.5) is 0 Å². The first-order chi connectivity index (χ1) is 24.2. The molecule has 0 aromatic carbocycles. The van der Waals surface area contributed by atoms with Crippen LogP contribution in [0, 0.1) is 0 Å². The standard InChI is InChI=1S/C29H55N7O15/c30-5-14-19(41)20(42)17(33)26(46-14)50-23-16(7-38)48-27(21(23)43)51-24-18(40)12(36-28(44)29(45)8-35-9-29)3-10(31)22(24)49-25-11(32)4-13(39)15(47-25)6-34-1-2-37/h10-27,34-35,37-43,45H,1-9,30-33H2,(H,36,44)/t10-,11+,12+,13+,14-,15+,16+,17+,18-,19+,20+,21+,22+,23+,24?,25+,26+,27-/m0/s1. The quantitative estimate of drug-likeness (QED) is 0.0735. The summed E-state index contributed by atoms with van der Waals surface area (Å²) in [4.78, 5) is 12.9. The highest BCUT2D eigenvalue weighted by molar-refractivity contribution is 5.87. The number of nitrogens with one attached hydrogen (secondary N) is 3. The Bertz CT molecular complexity index is 1130. The summed E-state index contributed by atoms with van der Waals surface area (Å²) in [6.45, 7) is -0.620. The van der Waals surface area contributed by atoms with Crippen molar-refractivity contribution < 1.29 is 74.1 Å². The number of hydrogen-bond acceptors (Lipinski definition) is 21. The second-order valence-corrected chi connectivity index (χ2v) is 13.9. The van der Waals surface area contributed by atoms with Gasteiger partial charge in [-0.3, -0.25) is 4.79 Å². The molecule has 19 N–H and O–H groups in total. The Morgan fingerprint density at radius 3 is 2.06 bits per heavy atom. The molecular weight excluding hydrogens is 686 g/mol. The lowest BCUT2D eigenvalue weighted by Crippen LogP contribution is -2.71. The first kappa shape index (κ1) is 40.8. The molecule has 22 heteroatoms. The van der Waals surface area contributed by atoms with E-state index in [0.717, 1.165) is 0 Å². The minimum Gasteiger partial charge on any atom is -0.395 e. The maximum atomic E-state index is 12.9. The molecule has 51 heavy (non-hydrogen) atoms. The van der Waals surface area contributed by atoms with Gasteiger partial charge in [0.2, 0.25) is 0 Å². The van der Waals surface area contributed by atoms with E-state index in [1.165, 1.54) is 0 Å². The number of ether oxygens (including phenoxy) is 6. The largest absolute Gasteiger partial charge is 0.395 e. The summed E-state index contributed by atoms with van der Waals surface area (Å²) in [5.74, 6) is -0.752. The van der Waals surface area contributed by atoms with Crippen LogP contribution in [0.2, 0.25) is 0 Å². The topological polar surface area (TPSA) is 374 Å². The smallest absolute Gasteiger partial charge is 0.254 e. The summed E-state index contributed by atoms with van der Waals surface area (Å²) in [7, 11) is 0. The maximum absolute atomic E-state index is 12.9. The number of carbonyl (C=O) groups is 1. The number of rotatable bonds is 14. The Morgan fingerprint density at radius 2 is 1.43 bits per heavy atom. The Hall–Kier alpha value is -1.33. The van der Waals surface area contributed by atoms with Crippen molar-refractivity contribution in [2.45, 2.75) is 129 Å². The van der Waals surface area contributed by atoms with Crippen molar-refractivity contribution in [1.29, 1.82) is 0 Å². The van der Waals surface area contributed by atoms with Gasteiger partial charge in [0.1, 0.15) is 54.9 Å². The first-order valence-corrected chi connectivity index (χ1v) is 17.2. The van der Waals surface area contributed by atoms with E-state index in [0.29, 0.717) is 0 Å². The Morgan fingerprint density at radius 1 is 0.784 bits per heavy atom. The molecule has 0 bridgehead atoms. The van der Waals surface area contributed by atoms with Crippen LogP contribution >= 0.6 is 0 Å². The van der Waals surface area contributed by atoms with Crippen LogP contribution in [-0.4, -0.2) is 208 Å². The molecule has 1 amide bonds. The molecule has 1 aliphatic carbocycles. The molecule has 4 heterocycles. The van der Waals surface area contributed by atoms with E-state index in [1.807, 2.05) is 0 Å². The number of β-amino-alcohol motifs (C(OH)–C–C–N with tert-alkyl or cyclic N) is 1. The molecule has 1 saturated carbocycles. The van der Waals surface area contributed by atoms with Gasteiger partial charge in [-0.15, -0.1) is 0 Å². The molecule has 5 aliphatic rings. The zero-order valence-corrected chi connectivity index (χ0v) is 28.0. The van der Waals surface area contributed by atoms with Crippen molar-refractivity contribution >= 4 is 5.91 Å². The molecule has 4 aliphatic heterocycles. The molecule has 0 radical (unpaired) electrons. The van der Waals surface area contributed by atoms with Gasteiger partial charge >= 0.3 is 0 Å². The third kappa shape index (κ3) is 8.81. The highest BCUT2D eigenvalue weighted by Gasteiger charge is 2.55. The minimum absolute atomic E-state index is 0.00111. The average Bonchev–Trinajstić information content (AvgIpc) is 3.38. The number of aliphatic hydroxyl groups excluding tert-OH is 7. The second kappa shape index (κ2) is 17.4. The van der Waals surface area contributed by atoms with Gasteiger partial charge in [0.05, 0.1) is 43.5 Å². The number of amides is 1. The molecule has 18 atom stereocenters. The number of carbonyl (C=O) groups excluding carboxylic acids is 1. The Labute approximate surface area is 293 Å². The SMILES string of the molecule is NC[C@@H]1O[C@H](O[C@H]2[C@@H](O)[C@H](OC3[C@@H](O)[C@H](NC(=O)C4(O)CNC4)C[C@H](N)[C@H]3O[C@H]3O[C@H](CNCCO)[C@H](O)C[C@H]3N)O[C@@H]2CO)[C@H](N)[C@@H](O)[C@@H]1O. The fourth-order valence-corrected chi connectivity index (χ4v) is 6.95. The lowest BCUT2D eigenvalue weighted by atomic mass is 9.83. The second-order valence-electron chi connectivity index (χ2n) is 13.9. The zero-order chi connectivity index (χ0) is 37.2. The van der Waals surface area contributed by atoms with Crippen LogP contribution in [0.1, 0.15) is 12.8 Å². The summed E-state index contributed by atoms with van der Waals surface area (Å²) < 4.78 is 35.7. The lowest BCUT2D eigenvalue weighted by molar-refractivity contribution is -0.296. The fraction of sp³-hybridized carbons (Fsp3) is 0.966. The first-order valence-electron chi connectivity index (χ1n) is 17.2. The van der Waals surface area contributed by atoms with Crippen LogP contribution in [0.3, 0.4) is 0 Å². The molecule has 22 nitrogen and oxygen atoms in total. The van der Waals surface area contributed by atoms with E-state index in [4.69, 9.17) is 56.5 Å². The third-order valence-corrected chi connectivity index (χ3v) is 10.2. The molecule has 296 valence electrons. The van der Waals surface area contributed by atoms with Gasteiger partial charge in [-0.1, -0.05) is 0 Å². The van der Waals surface area contributed by atoms with Gasteiger partial charge in [0.25, 0.3) is 5.91 Å². The average molecular weight is 742 g/mol. The van der Waals surface area contributed by atoms with E-state index < -0.39 is 128 Å². The van der Waals surface area contributed by atoms with Crippen molar-refractivity contribution in [1.82, 2.24) is 16.0 Å². The van der Waals surface area contributed by atoms with Crippen molar-refractivity contribution in [3.63, 3.8) is 0 Å². The van der Waals surface area contributed by atoms with Gasteiger partial charge in [-0.05, 0) is 12.8 Å². The monoisotopic (exact) mass is 741 g/mol. The van der Waals surface area contributed by atoms with Gasteiger partial charge in [-0.2, -0.15) is 0 Å². The summed E-state index contributed by atoms with van der Waals surface area (Å²) >= 11 is 0. The highest BCUT2D eigenvalue weighted by Crippen LogP contribution is 2.35. The Kier molecular flexibility index (Phi) is 14.0. The zero-order valence-electron chi connectivity index (χ0n) is 28.0. The van der Waals surface area contributed by atoms with E-state index in [-0.39, 0.29) is 52.2 Å². The maximum Gasteiger partial charge on any atom is 0.254 e. The van der Waals surface area contributed by atoms with Crippen molar-refractivity contribution in [3.05, 3.63) is 0 Å². The molecule has 1 unspecified atom stereocenters. The van der Waals surface area contributed by atoms with Crippen LogP contribution in [0.5, 0.6) is 0 Å². The van der Waals surface area contributed by atoms with Crippen LogP contribution in [0.15, 0.2) is 0 Å². The summed E-state index contributed by atoms with van der Waals surface area (Å²) in [6, 6.07) is -4.18. The van der Waals surface area contributed by atoms with Gasteiger partial charge < -0.3 is 108 Å². The molecule has 5 fully saturated rings. The molecule has 0 aromatic heterocycles. The third-order valence-electron chi connectivity index (χ3n) is 10.2. The number of aliphatic hydroxyl groups is 8. The van der Waals surface area contributed by atoms with E-state index in [2.05, 4.69) is 16.0 Å². The predicted octanol–water partition coefficient (Wildman–Crippen LogP) is -9.75. The molecule has 5 rings (SSSR count). The van der Waals surface area contributed by atoms with Crippen LogP contribution in [-0.2, 0) is 33.2 Å². The normalized spacial score (nSPS) is 47.1. The number of hydrogen-bond donors (Lipinski definition) is 15. The van der Waals surface area contributed by atoms with E-state index in [1.54, 1.807) is 0 Å². The Balaban J connectivity index is 1.34. The minimum atomic E-state index is -1.70. The molecular formula is C29H55N7O15. The fourth-order valence-electron chi connectivity index (χ4n) is 6.95. The van der Waals surface area contributed by atoms with Crippen molar-refractivity contribution in [3.8, 4) is 0 Å². The predicted molar refractivity (Wildman–Crippen MR) is 170 cm³/mol. The lowest BCUT2D eigenvalue weighted by Gasteiger charge is -2.48. The van der Waals surface area contributed by atoms with Crippen molar-refractivity contribution in [2.75, 3.05) is 45.9 Å². The van der Waals surface area contributed by atoms with Gasteiger partial charge in [-0.25, -0.2) is 0 Å². The summed E-state index contributed by atoms with van der Waals surface area (Å²) in [5.41, 5.74) is 22.9.